The predicted molar refractivity (Wildman–Crippen MR) is 123 cm³/mol. The first-order chi connectivity index (χ1) is 15.6. The number of anilines is 1. The van der Waals surface area contributed by atoms with E-state index in [0.717, 1.165) is 5.56 Å². The zero-order valence-corrected chi connectivity index (χ0v) is 19.8. The highest BCUT2D eigenvalue weighted by Gasteiger charge is 2.26. The molecule has 2 aromatic carbocycles. The van der Waals surface area contributed by atoms with Gasteiger partial charge in [-0.15, -0.1) is 5.10 Å². The molecular formula is C23H27N3O6S. The zero-order valence-electron chi connectivity index (χ0n) is 19.0. The fraction of sp³-hybridized carbons (Fsp3) is 0.348. The first-order valence-corrected chi connectivity index (χ1v) is 11.9. The summed E-state index contributed by atoms with van der Waals surface area (Å²) in [6.45, 7) is 6.11. The van der Waals surface area contributed by atoms with Crippen LogP contribution in [0.3, 0.4) is 0 Å². The van der Waals surface area contributed by atoms with Crippen LogP contribution in [0.25, 0.3) is 11.1 Å². The van der Waals surface area contributed by atoms with E-state index in [-0.39, 0.29) is 42.0 Å². The number of benzene rings is 2. The molecule has 0 fully saturated rings. The average molecular weight is 474 g/mol. The van der Waals surface area contributed by atoms with Gasteiger partial charge in [-0.25, -0.2) is 13.1 Å². The third-order valence-electron chi connectivity index (χ3n) is 5.27. The fourth-order valence-electron chi connectivity index (χ4n) is 3.49. The molecule has 33 heavy (non-hydrogen) atoms. The Labute approximate surface area is 193 Å². The molecule has 176 valence electrons. The number of sulfonamides is 1. The number of aliphatic hydroxyl groups is 1. The van der Waals surface area contributed by atoms with E-state index in [1.165, 1.54) is 4.68 Å². The summed E-state index contributed by atoms with van der Waals surface area (Å²) in [7, 11) is -2.31. The molecule has 0 spiro atoms. The summed E-state index contributed by atoms with van der Waals surface area (Å²) < 4.78 is 47.0. The zero-order chi connectivity index (χ0) is 23.8. The van der Waals surface area contributed by atoms with E-state index in [2.05, 4.69) is 30.6 Å². The molecule has 2 N–H and O–H groups in total. The Morgan fingerprint density at radius 2 is 1.82 bits per heavy atom. The van der Waals surface area contributed by atoms with Gasteiger partial charge >= 0.3 is 0 Å². The van der Waals surface area contributed by atoms with Crippen molar-refractivity contribution in [2.75, 3.05) is 24.7 Å². The summed E-state index contributed by atoms with van der Waals surface area (Å²) in [6.07, 6.45) is 0. The van der Waals surface area contributed by atoms with Gasteiger partial charge in [-0.1, -0.05) is 39.0 Å². The Balaban J connectivity index is 1.75. The van der Waals surface area contributed by atoms with Gasteiger partial charge in [0.1, 0.15) is 12.4 Å². The third-order valence-corrected chi connectivity index (χ3v) is 6.62. The Kier molecular flexibility index (Phi) is 5.98. The largest absolute Gasteiger partial charge is 0.474 e. The summed E-state index contributed by atoms with van der Waals surface area (Å²) in [4.78, 5) is 0.131. The summed E-state index contributed by atoms with van der Waals surface area (Å²) in [5.41, 5.74) is 1.99. The number of nitrogens with one attached hydrogen (secondary N) is 1. The third kappa shape index (κ3) is 4.62. The first-order valence-electron chi connectivity index (χ1n) is 10.4. The van der Waals surface area contributed by atoms with Gasteiger partial charge in [-0.3, -0.25) is 4.72 Å². The Morgan fingerprint density at radius 3 is 2.48 bits per heavy atom. The second kappa shape index (κ2) is 8.60. The second-order valence-corrected chi connectivity index (χ2v) is 10.4. The monoisotopic (exact) mass is 473 g/mol. The summed E-state index contributed by atoms with van der Waals surface area (Å²) in [5.74, 6) is 1.55. The van der Waals surface area contributed by atoms with Crippen LogP contribution in [-0.4, -0.2) is 43.3 Å². The molecular weight excluding hydrogens is 446 g/mol. The molecule has 4 rings (SSSR count). The van der Waals surface area contributed by atoms with Crippen LogP contribution in [0, 0.1) is 0 Å². The van der Waals surface area contributed by atoms with Crippen LogP contribution in [0.4, 0.5) is 5.82 Å². The minimum atomic E-state index is -3.92. The lowest BCUT2D eigenvalue weighted by Crippen LogP contribution is -2.17. The molecule has 0 atom stereocenters. The number of rotatable bonds is 7. The average Bonchev–Trinajstić information content (AvgIpc) is 3.35. The topological polar surface area (TPSA) is 112 Å². The van der Waals surface area contributed by atoms with E-state index in [1.807, 2.05) is 12.1 Å². The molecule has 9 nitrogen and oxygen atoms in total. The van der Waals surface area contributed by atoms with Crippen LogP contribution in [0.5, 0.6) is 17.4 Å². The first kappa shape index (κ1) is 22.9. The van der Waals surface area contributed by atoms with Crippen molar-refractivity contribution in [3.8, 4) is 28.5 Å². The predicted octanol–water partition coefficient (Wildman–Crippen LogP) is 3.29. The summed E-state index contributed by atoms with van der Waals surface area (Å²) in [6, 6.07) is 12.0. The standard InChI is InChI=1S/C23H27N3O6S/c1-23(2,3)16-6-8-17(9-7-16)33(28,29)25-21-20(22(24-26(21)4)30-12-11-27)15-5-10-18-19(13-15)32-14-31-18/h5-10,13,25,27H,11-12,14H2,1-4H3. The van der Waals surface area contributed by atoms with E-state index in [1.54, 1.807) is 37.4 Å². The highest BCUT2D eigenvalue weighted by atomic mass is 32.2. The number of aromatic nitrogens is 2. The van der Waals surface area contributed by atoms with E-state index < -0.39 is 10.0 Å². The molecule has 0 radical (unpaired) electrons. The number of aryl methyl sites for hydroxylation is 1. The van der Waals surface area contributed by atoms with Crippen molar-refractivity contribution in [1.29, 1.82) is 0 Å². The molecule has 0 aliphatic carbocycles. The fourth-order valence-corrected chi connectivity index (χ4v) is 4.59. The number of fused-ring (bicyclic) bond motifs is 1. The van der Waals surface area contributed by atoms with Gasteiger partial charge in [0.15, 0.2) is 11.5 Å². The van der Waals surface area contributed by atoms with Gasteiger partial charge in [-0.05, 0) is 40.8 Å². The van der Waals surface area contributed by atoms with Crippen LogP contribution < -0.4 is 18.9 Å². The SMILES string of the molecule is Cn1nc(OCCO)c(-c2ccc3c(c2)OCO3)c1NS(=O)(=O)c1ccc(C(C)(C)C)cc1. The number of hydrogen-bond donors (Lipinski definition) is 2. The van der Waals surface area contributed by atoms with E-state index in [0.29, 0.717) is 22.6 Å². The molecule has 0 bridgehead atoms. The number of aliphatic hydroxyl groups excluding tert-OH is 1. The van der Waals surface area contributed by atoms with Crippen molar-refractivity contribution in [2.24, 2.45) is 7.05 Å². The molecule has 1 aliphatic rings. The molecule has 0 saturated carbocycles. The van der Waals surface area contributed by atoms with E-state index in [9.17, 15) is 13.5 Å². The highest BCUT2D eigenvalue weighted by Crippen LogP contribution is 2.42. The van der Waals surface area contributed by atoms with Crippen molar-refractivity contribution >= 4 is 15.8 Å². The smallest absolute Gasteiger partial charge is 0.263 e. The Hall–Kier alpha value is -3.24. The molecule has 10 heteroatoms. The van der Waals surface area contributed by atoms with Gasteiger partial charge in [0, 0.05) is 7.05 Å². The van der Waals surface area contributed by atoms with Gasteiger partial charge in [-0.2, -0.15) is 0 Å². The lowest BCUT2D eigenvalue weighted by Gasteiger charge is -2.19. The van der Waals surface area contributed by atoms with Crippen molar-refractivity contribution in [3.05, 3.63) is 48.0 Å². The Bertz CT molecular complexity index is 1260. The van der Waals surface area contributed by atoms with Gasteiger partial charge < -0.3 is 19.3 Å². The number of nitrogens with zero attached hydrogens (tertiary/aromatic N) is 2. The molecule has 0 unspecified atom stereocenters. The molecule has 1 aromatic heterocycles. The lowest BCUT2D eigenvalue weighted by atomic mass is 9.87. The molecule has 0 saturated heterocycles. The second-order valence-electron chi connectivity index (χ2n) is 8.67. The van der Waals surface area contributed by atoms with Crippen molar-refractivity contribution in [2.45, 2.75) is 31.1 Å². The lowest BCUT2D eigenvalue weighted by molar-refractivity contribution is 0.174. The van der Waals surface area contributed by atoms with Crippen molar-refractivity contribution in [1.82, 2.24) is 9.78 Å². The molecule has 0 amide bonds. The molecule has 1 aliphatic heterocycles. The molecule has 2 heterocycles. The minimum Gasteiger partial charge on any atom is -0.474 e. The van der Waals surface area contributed by atoms with Crippen molar-refractivity contribution < 1.29 is 27.7 Å². The van der Waals surface area contributed by atoms with Gasteiger partial charge in [0.05, 0.1) is 17.1 Å². The summed E-state index contributed by atoms with van der Waals surface area (Å²) >= 11 is 0. The minimum absolute atomic E-state index is 0.00895. The van der Waals surface area contributed by atoms with Crippen LogP contribution in [-0.2, 0) is 22.5 Å². The Morgan fingerprint density at radius 1 is 1.12 bits per heavy atom. The normalized spacial score (nSPS) is 13.2. The number of ether oxygens (including phenoxy) is 3. The maximum Gasteiger partial charge on any atom is 0.263 e. The maximum atomic E-state index is 13.2. The molecule has 3 aromatic rings. The summed E-state index contributed by atoms with van der Waals surface area (Å²) in [5, 5.41) is 13.5. The van der Waals surface area contributed by atoms with E-state index in [4.69, 9.17) is 14.2 Å². The van der Waals surface area contributed by atoms with Gasteiger partial charge in [0.25, 0.3) is 10.0 Å². The van der Waals surface area contributed by atoms with Crippen LogP contribution >= 0.6 is 0 Å². The number of hydrogen-bond acceptors (Lipinski definition) is 7. The van der Waals surface area contributed by atoms with Crippen LogP contribution in [0.1, 0.15) is 26.3 Å². The van der Waals surface area contributed by atoms with Gasteiger partial charge in [0.2, 0.25) is 12.7 Å². The van der Waals surface area contributed by atoms with E-state index >= 15 is 0 Å². The van der Waals surface area contributed by atoms with Crippen LogP contribution in [0.2, 0.25) is 0 Å². The highest BCUT2D eigenvalue weighted by molar-refractivity contribution is 7.92. The van der Waals surface area contributed by atoms with Crippen molar-refractivity contribution in [3.63, 3.8) is 0 Å². The van der Waals surface area contributed by atoms with Crippen LogP contribution in [0.15, 0.2) is 47.4 Å². The maximum absolute atomic E-state index is 13.2. The quantitative estimate of drug-likeness (QED) is 0.542.